The van der Waals surface area contributed by atoms with E-state index in [1.807, 2.05) is 27.7 Å². The zero-order chi connectivity index (χ0) is 14.4. The summed E-state index contributed by atoms with van der Waals surface area (Å²) < 4.78 is 14.3. The molecule has 1 aromatic carbocycles. The molecular weight excluding hydrogens is 309 g/mol. The van der Waals surface area contributed by atoms with Gasteiger partial charge in [-0.1, -0.05) is 0 Å². The number of nitrogens with two attached hydrogens (primary N) is 1. The van der Waals surface area contributed by atoms with Gasteiger partial charge < -0.3 is 11.1 Å². The Labute approximate surface area is 120 Å². The van der Waals surface area contributed by atoms with E-state index in [0.717, 1.165) is 28.1 Å². The molecule has 2 rings (SSSR count). The molecule has 3 nitrogen and oxygen atoms in total. The molecule has 3 N–H and O–H groups in total. The Morgan fingerprint density at radius 2 is 2.16 bits per heavy atom. The molecule has 19 heavy (non-hydrogen) atoms. The highest BCUT2D eigenvalue weighted by molar-refractivity contribution is 9.10. The van der Waals surface area contributed by atoms with Crippen molar-refractivity contribution < 1.29 is 4.39 Å². The third-order valence-electron chi connectivity index (χ3n) is 3.15. The number of rotatable bonds is 1. The fraction of sp³-hybridized carbons (Fsp3) is 0.357. The van der Waals surface area contributed by atoms with E-state index in [2.05, 4.69) is 26.2 Å². The van der Waals surface area contributed by atoms with Gasteiger partial charge in [-0.05, 0) is 67.0 Å². The molecule has 0 saturated heterocycles. The predicted molar refractivity (Wildman–Crippen MR) is 81.0 cm³/mol. The SMILES string of the molecule is CC(=CN)C1=NC(C)(C)Nc2cc(F)c(Br)c(C)c21. The molecule has 1 heterocycles. The number of halogens is 2. The summed E-state index contributed by atoms with van der Waals surface area (Å²) in [4.78, 5) is 4.67. The Balaban J connectivity index is 2.78. The molecule has 1 aliphatic heterocycles. The van der Waals surface area contributed by atoms with Crippen LogP contribution >= 0.6 is 15.9 Å². The molecule has 0 atom stereocenters. The molecule has 0 saturated carbocycles. The van der Waals surface area contributed by atoms with E-state index in [-0.39, 0.29) is 5.82 Å². The highest BCUT2D eigenvalue weighted by Crippen LogP contribution is 2.36. The zero-order valence-corrected chi connectivity index (χ0v) is 13.0. The van der Waals surface area contributed by atoms with Crippen molar-refractivity contribution in [1.29, 1.82) is 0 Å². The number of nitrogens with one attached hydrogen (secondary N) is 1. The Morgan fingerprint density at radius 3 is 2.74 bits per heavy atom. The van der Waals surface area contributed by atoms with Gasteiger partial charge in [-0.25, -0.2) is 4.39 Å². The third kappa shape index (κ3) is 2.39. The summed E-state index contributed by atoms with van der Waals surface area (Å²) in [6.45, 7) is 7.65. The van der Waals surface area contributed by atoms with Crippen molar-refractivity contribution in [2.75, 3.05) is 5.32 Å². The Kier molecular flexibility index (Phi) is 3.43. The molecule has 0 aliphatic carbocycles. The molecule has 0 fully saturated rings. The second kappa shape index (κ2) is 4.63. The smallest absolute Gasteiger partial charge is 0.139 e. The number of benzene rings is 1. The monoisotopic (exact) mass is 325 g/mol. The lowest BCUT2D eigenvalue weighted by molar-refractivity contribution is 0.589. The average molecular weight is 326 g/mol. The minimum Gasteiger partial charge on any atom is -0.404 e. The number of hydrogen-bond acceptors (Lipinski definition) is 3. The molecule has 0 unspecified atom stereocenters. The third-order valence-corrected chi connectivity index (χ3v) is 4.12. The molecule has 0 bridgehead atoms. The Morgan fingerprint density at radius 1 is 1.53 bits per heavy atom. The normalized spacial score (nSPS) is 17.6. The summed E-state index contributed by atoms with van der Waals surface area (Å²) in [5, 5.41) is 3.24. The van der Waals surface area contributed by atoms with Crippen LogP contribution in [0.1, 0.15) is 31.9 Å². The predicted octanol–water partition coefficient (Wildman–Crippen LogP) is 3.71. The molecule has 0 aromatic heterocycles. The van der Waals surface area contributed by atoms with Crippen LogP contribution in [0, 0.1) is 12.7 Å². The van der Waals surface area contributed by atoms with Crippen molar-refractivity contribution in [3.8, 4) is 0 Å². The largest absolute Gasteiger partial charge is 0.404 e. The molecule has 0 amide bonds. The van der Waals surface area contributed by atoms with Gasteiger partial charge >= 0.3 is 0 Å². The van der Waals surface area contributed by atoms with E-state index in [4.69, 9.17) is 5.73 Å². The molecule has 1 aromatic rings. The molecule has 5 heteroatoms. The topological polar surface area (TPSA) is 50.4 Å². The van der Waals surface area contributed by atoms with Gasteiger partial charge in [0.05, 0.1) is 10.2 Å². The summed E-state index contributed by atoms with van der Waals surface area (Å²) in [5.41, 5.74) is 9.27. The molecule has 0 spiro atoms. The quantitative estimate of drug-likeness (QED) is 0.826. The summed E-state index contributed by atoms with van der Waals surface area (Å²) in [6.07, 6.45) is 1.53. The van der Waals surface area contributed by atoms with E-state index >= 15 is 0 Å². The molecular formula is C14H17BrFN3. The van der Waals surface area contributed by atoms with Gasteiger partial charge in [-0.2, -0.15) is 0 Å². The molecule has 1 aliphatic rings. The lowest BCUT2D eigenvalue weighted by Gasteiger charge is -2.33. The number of aliphatic imine (C=N–C) groups is 1. The lowest BCUT2D eigenvalue weighted by Crippen LogP contribution is -2.35. The van der Waals surface area contributed by atoms with Gasteiger partial charge in [-0.15, -0.1) is 0 Å². The van der Waals surface area contributed by atoms with Crippen molar-refractivity contribution in [1.82, 2.24) is 0 Å². The van der Waals surface area contributed by atoms with Crippen LogP contribution in [0.3, 0.4) is 0 Å². The fourth-order valence-electron chi connectivity index (χ4n) is 2.21. The Hall–Kier alpha value is -1.36. The van der Waals surface area contributed by atoms with E-state index in [1.54, 1.807) is 0 Å². The summed E-state index contributed by atoms with van der Waals surface area (Å²) in [7, 11) is 0. The number of fused-ring (bicyclic) bond motifs is 1. The first-order valence-corrected chi connectivity index (χ1v) is 6.82. The van der Waals surface area contributed by atoms with Gasteiger partial charge in [0.25, 0.3) is 0 Å². The fourth-order valence-corrected chi connectivity index (χ4v) is 2.53. The highest BCUT2D eigenvalue weighted by atomic mass is 79.9. The first-order chi connectivity index (χ1) is 8.76. The van der Waals surface area contributed by atoms with Crippen LogP contribution in [0.15, 0.2) is 27.3 Å². The van der Waals surface area contributed by atoms with Crippen LogP contribution in [0.2, 0.25) is 0 Å². The number of allylic oxidation sites excluding steroid dienone is 1. The first kappa shape index (κ1) is 14.1. The lowest BCUT2D eigenvalue weighted by atomic mass is 9.93. The number of nitrogens with zero attached hydrogens (tertiary/aromatic N) is 1. The zero-order valence-electron chi connectivity index (χ0n) is 11.4. The van der Waals surface area contributed by atoms with Crippen LogP contribution in [-0.2, 0) is 0 Å². The van der Waals surface area contributed by atoms with E-state index in [0.29, 0.717) is 4.47 Å². The van der Waals surface area contributed by atoms with Crippen LogP contribution in [0.25, 0.3) is 0 Å². The summed E-state index contributed by atoms with van der Waals surface area (Å²) in [5.74, 6) is -0.282. The Bertz CT molecular complexity index is 603. The minimum absolute atomic E-state index is 0.282. The first-order valence-electron chi connectivity index (χ1n) is 6.02. The van der Waals surface area contributed by atoms with Crippen LogP contribution in [0.5, 0.6) is 0 Å². The van der Waals surface area contributed by atoms with E-state index in [9.17, 15) is 4.39 Å². The minimum atomic E-state index is -0.487. The number of anilines is 1. The standard InChI is InChI=1S/C14H17BrFN3/c1-7(6-17)13-11-8(2)12(15)9(16)5-10(11)18-14(3,4)19-13/h5-6,18H,17H2,1-4H3. The average Bonchev–Trinajstić information content (AvgIpc) is 2.32. The van der Waals surface area contributed by atoms with Crippen molar-refractivity contribution in [3.05, 3.63) is 39.3 Å². The summed E-state index contributed by atoms with van der Waals surface area (Å²) >= 11 is 3.28. The second-order valence-corrected chi connectivity index (χ2v) is 6.01. The van der Waals surface area contributed by atoms with Crippen LogP contribution in [0.4, 0.5) is 10.1 Å². The molecule has 0 radical (unpaired) electrons. The van der Waals surface area contributed by atoms with Crippen molar-refractivity contribution in [2.24, 2.45) is 10.7 Å². The van der Waals surface area contributed by atoms with Gasteiger partial charge in [0, 0.05) is 11.3 Å². The van der Waals surface area contributed by atoms with Gasteiger partial charge in [0.15, 0.2) is 0 Å². The van der Waals surface area contributed by atoms with Gasteiger partial charge in [-0.3, -0.25) is 4.99 Å². The maximum Gasteiger partial charge on any atom is 0.139 e. The van der Waals surface area contributed by atoms with Gasteiger partial charge in [0.1, 0.15) is 11.5 Å². The summed E-state index contributed by atoms with van der Waals surface area (Å²) in [6, 6.07) is 1.49. The highest BCUT2D eigenvalue weighted by Gasteiger charge is 2.29. The van der Waals surface area contributed by atoms with Crippen molar-refractivity contribution >= 4 is 27.3 Å². The molecule has 102 valence electrons. The maximum absolute atomic E-state index is 13.9. The van der Waals surface area contributed by atoms with Crippen molar-refractivity contribution in [3.63, 3.8) is 0 Å². The van der Waals surface area contributed by atoms with E-state index < -0.39 is 5.66 Å². The van der Waals surface area contributed by atoms with Gasteiger partial charge in [0.2, 0.25) is 0 Å². The van der Waals surface area contributed by atoms with Crippen LogP contribution in [-0.4, -0.2) is 11.4 Å². The second-order valence-electron chi connectivity index (χ2n) is 5.21. The van der Waals surface area contributed by atoms with E-state index in [1.165, 1.54) is 12.3 Å². The maximum atomic E-state index is 13.9. The van der Waals surface area contributed by atoms with Crippen molar-refractivity contribution in [2.45, 2.75) is 33.4 Å². The number of hydrogen-bond donors (Lipinski definition) is 2. The van der Waals surface area contributed by atoms with Crippen LogP contribution < -0.4 is 11.1 Å².